The fraction of sp³-hybridized carbons (Fsp3) is 0.444. The maximum atomic E-state index is 15.1. The molecule has 4 rings (SSSR count). The fourth-order valence-electron chi connectivity index (χ4n) is 4.63. The number of piperazine rings is 1. The summed E-state index contributed by atoms with van der Waals surface area (Å²) in [5.41, 5.74) is 3.87. The van der Waals surface area contributed by atoms with Gasteiger partial charge in [-0.25, -0.2) is 17.6 Å². The zero-order valence-electron chi connectivity index (χ0n) is 23.4. The summed E-state index contributed by atoms with van der Waals surface area (Å²) in [4.78, 5) is 43.9. The highest BCUT2D eigenvalue weighted by atomic mass is 32.2. The second-order valence-electron chi connectivity index (χ2n) is 10.5. The van der Waals surface area contributed by atoms with Crippen molar-refractivity contribution in [1.82, 2.24) is 25.6 Å². The Morgan fingerprint density at radius 3 is 2.12 bits per heavy atom. The molecular formula is C27H32F4N6O5S. The molecule has 2 fully saturated rings. The molecule has 0 atom stereocenters. The van der Waals surface area contributed by atoms with Crippen molar-refractivity contribution in [1.29, 1.82) is 0 Å². The average Bonchev–Trinajstić information content (AvgIpc) is 2.96. The molecule has 2 aliphatic heterocycles. The molecule has 0 aromatic heterocycles. The number of hydrazine groups is 1. The zero-order valence-corrected chi connectivity index (χ0v) is 24.2. The van der Waals surface area contributed by atoms with Crippen molar-refractivity contribution in [3.05, 3.63) is 65.0 Å². The van der Waals surface area contributed by atoms with Crippen LogP contribution in [0.4, 0.5) is 28.0 Å². The third-order valence-electron chi connectivity index (χ3n) is 7.29. The van der Waals surface area contributed by atoms with Crippen molar-refractivity contribution in [2.45, 2.75) is 19.3 Å². The van der Waals surface area contributed by atoms with Crippen LogP contribution < -0.4 is 15.8 Å². The van der Waals surface area contributed by atoms with Gasteiger partial charge in [0.25, 0.3) is 5.91 Å². The van der Waals surface area contributed by atoms with Gasteiger partial charge >= 0.3 is 18.1 Å². The number of carbonyl (C=O) groups is 3. The van der Waals surface area contributed by atoms with E-state index in [1.165, 1.54) is 21.3 Å². The summed E-state index contributed by atoms with van der Waals surface area (Å²) in [5.74, 6) is -4.88. The number of rotatable bonds is 6. The van der Waals surface area contributed by atoms with E-state index >= 15 is 4.39 Å². The van der Waals surface area contributed by atoms with Crippen LogP contribution in [0.15, 0.2) is 42.5 Å². The number of sulfone groups is 1. The van der Waals surface area contributed by atoms with Crippen molar-refractivity contribution in [3.8, 4) is 0 Å². The van der Waals surface area contributed by atoms with Gasteiger partial charge < -0.3 is 9.80 Å². The van der Waals surface area contributed by atoms with Crippen LogP contribution in [0.2, 0.25) is 0 Å². The number of nitrogens with zero attached hydrogens (tertiary/aromatic N) is 4. The van der Waals surface area contributed by atoms with Gasteiger partial charge in [-0.3, -0.25) is 30.2 Å². The monoisotopic (exact) mass is 628 g/mol. The third kappa shape index (κ3) is 8.64. The topological polar surface area (TPSA) is 122 Å². The van der Waals surface area contributed by atoms with Crippen LogP contribution in [0.5, 0.6) is 0 Å². The number of likely N-dealkylation sites (N-methyl/N-ethyl adjacent to an activating group) is 1. The van der Waals surface area contributed by atoms with E-state index in [0.29, 0.717) is 12.2 Å². The van der Waals surface area contributed by atoms with E-state index in [-0.39, 0.29) is 42.3 Å². The van der Waals surface area contributed by atoms with E-state index in [2.05, 4.69) is 16.8 Å². The molecule has 11 nitrogen and oxygen atoms in total. The molecule has 234 valence electrons. The van der Waals surface area contributed by atoms with Crippen LogP contribution in [0, 0.1) is 5.82 Å². The molecule has 2 heterocycles. The molecule has 2 aliphatic rings. The lowest BCUT2D eigenvalue weighted by Gasteiger charge is -2.33. The molecule has 16 heteroatoms. The Morgan fingerprint density at radius 1 is 0.907 bits per heavy atom. The first kappa shape index (κ1) is 32.2. The lowest BCUT2D eigenvalue weighted by molar-refractivity contribution is -0.174. The minimum absolute atomic E-state index is 0.00429. The van der Waals surface area contributed by atoms with Crippen molar-refractivity contribution in [3.63, 3.8) is 0 Å². The number of carbonyl (C=O) groups excluding carboxylic acids is 3. The first-order valence-corrected chi connectivity index (χ1v) is 15.3. The molecule has 2 saturated heterocycles. The van der Waals surface area contributed by atoms with E-state index in [1.807, 2.05) is 12.1 Å². The summed E-state index contributed by atoms with van der Waals surface area (Å²) in [5, 5.41) is 0. The summed E-state index contributed by atoms with van der Waals surface area (Å²) in [6.07, 6.45) is -5.22. The highest BCUT2D eigenvalue weighted by Gasteiger charge is 2.39. The van der Waals surface area contributed by atoms with Gasteiger partial charge in [-0.1, -0.05) is 18.2 Å². The quantitative estimate of drug-likeness (QED) is 0.369. The molecule has 4 amide bonds. The number of benzene rings is 2. The molecule has 0 saturated carbocycles. The number of urea groups is 1. The van der Waals surface area contributed by atoms with Gasteiger partial charge in [0, 0.05) is 62.6 Å². The summed E-state index contributed by atoms with van der Waals surface area (Å²) in [6.45, 7) is 4.15. The van der Waals surface area contributed by atoms with Gasteiger partial charge in [-0.2, -0.15) is 13.2 Å². The highest BCUT2D eigenvalue weighted by molar-refractivity contribution is 7.91. The first-order chi connectivity index (χ1) is 20.2. The molecule has 43 heavy (non-hydrogen) atoms. The third-order valence-corrected chi connectivity index (χ3v) is 8.90. The van der Waals surface area contributed by atoms with Crippen LogP contribution in [-0.2, 0) is 27.7 Å². The van der Waals surface area contributed by atoms with Gasteiger partial charge in [0.05, 0.1) is 18.1 Å². The molecule has 0 spiro atoms. The van der Waals surface area contributed by atoms with Gasteiger partial charge in [0.1, 0.15) is 5.82 Å². The maximum Gasteiger partial charge on any atom is 0.472 e. The lowest BCUT2D eigenvalue weighted by Crippen LogP contribution is -2.49. The Balaban J connectivity index is 1.51. The van der Waals surface area contributed by atoms with Crippen molar-refractivity contribution in [2.75, 3.05) is 62.7 Å². The van der Waals surface area contributed by atoms with E-state index in [0.717, 1.165) is 43.9 Å². The number of hydrogen-bond donors (Lipinski definition) is 2. The summed E-state index contributed by atoms with van der Waals surface area (Å²) >= 11 is 0. The number of anilines is 1. The number of amides is 4. The Labute approximate surface area is 246 Å². The molecule has 0 bridgehead atoms. The predicted molar refractivity (Wildman–Crippen MR) is 149 cm³/mol. The van der Waals surface area contributed by atoms with Gasteiger partial charge in [-0.15, -0.1) is 0 Å². The minimum Gasteiger partial charge on any atom is -0.322 e. The predicted octanol–water partition coefficient (Wildman–Crippen LogP) is 1.75. The first-order valence-electron chi connectivity index (χ1n) is 13.4. The number of halogens is 4. The fourth-order valence-corrected chi connectivity index (χ4v) is 5.83. The zero-order chi connectivity index (χ0) is 31.4. The highest BCUT2D eigenvalue weighted by Crippen LogP contribution is 2.24. The maximum absolute atomic E-state index is 15.1. The number of alkyl halides is 3. The Morgan fingerprint density at radius 2 is 1.53 bits per heavy atom. The van der Waals surface area contributed by atoms with E-state index in [9.17, 15) is 36.0 Å². The molecule has 0 unspecified atom stereocenters. The van der Waals surface area contributed by atoms with Gasteiger partial charge in [0.2, 0.25) is 0 Å². The SMILES string of the molecule is CN1CCN(Cc2ccc(N(Cc3ccc(C(=O)NNC(=O)C(F)(F)F)cc3F)C(=O)N3CCS(=O)(=O)CC3)cc2)CC1. The van der Waals surface area contributed by atoms with Crippen LogP contribution in [0.1, 0.15) is 21.5 Å². The van der Waals surface area contributed by atoms with Crippen LogP contribution >= 0.6 is 0 Å². The smallest absolute Gasteiger partial charge is 0.322 e. The molecule has 0 aliphatic carbocycles. The molecule has 2 N–H and O–H groups in total. The van der Waals surface area contributed by atoms with E-state index < -0.39 is 39.7 Å². The normalized spacial score (nSPS) is 17.7. The Bertz CT molecular complexity index is 1430. The van der Waals surface area contributed by atoms with Crippen molar-refractivity contribution >= 4 is 33.4 Å². The molecule has 0 radical (unpaired) electrons. The van der Waals surface area contributed by atoms with E-state index in [4.69, 9.17) is 0 Å². The number of nitrogens with one attached hydrogen (secondary N) is 2. The standard InChI is InChI=1S/C27H32F4N6O5S/c1-34-8-10-35(11-9-34)17-19-2-6-22(7-3-19)37(26(40)36-12-14-43(41,42)15-13-36)18-21-5-4-20(16-23(21)28)24(38)32-33-25(39)27(29,30)31/h2-7,16H,8-15,17-18H2,1H3,(H,32,38)(H,33,39). The van der Waals surface area contributed by atoms with Crippen molar-refractivity contribution in [2.24, 2.45) is 0 Å². The lowest BCUT2D eigenvalue weighted by atomic mass is 10.1. The van der Waals surface area contributed by atoms with Crippen LogP contribution in [0.25, 0.3) is 0 Å². The van der Waals surface area contributed by atoms with Crippen LogP contribution in [0.3, 0.4) is 0 Å². The second kappa shape index (κ2) is 13.3. The van der Waals surface area contributed by atoms with E-state index in [1.54, 1.807) is 17.6 Å². The van der Waals surface area contributed by atoms with Gasteiger partial charge in [0.15, 0.2) is 9.84 Å². The summed E-state index contributed by atoms with van der Waals surface area (Å²) in [6, 6.07) is 9.79. The number of hydrogen-bond acceptors (Lipinski definition) is 7. The van der Waals surface area contributed by atoms with Gasteiger partial charge in [-0.05, 0) is 36.9 Å². The largest absolute Gasteiger partial charge is 0.472 e. The summed E-state index contributed by atoms with van der Waals surface area (Å²) < 4.78 is 76.1. The molecule has 2 aromatic carbocycles. The second-order valence-corrected chi connectivity index (χ2v) is 12.8. The van der Waals surface area contributed by atoms with Crippen molar-refractivity contribution < 1.29 is 40.4 Å². The van der Waals surface area contributed by atoms with Crippen LogP contribution in [-0.4, -0.2) is 105 Å². The summed E-state index contributed by atoms with van der Waals surface area (Å²) in [7, 11) is -1.20. The molecule has 2 aromatic rings. The minimum atomic E-state index is -5.22. The molecular weight excluding hydrogens is 596 g/mol. The average molecular weight is 629 g/mol. The Hall–Kier alpha value is -3.76. The Kier molecular flexibility index (Phi) is 9.92.